The van der Waals surface area contributed by atoms with Crippen LogP contribution in [-0.4, -0.2) is 11.8 Å². The highest BCUT2D eigenvalue weighted by molar-refractivity contribution is 7.17. The summed E-state index contributed by atoms with van der Waals surface area (Å²) in [4.78, 5) is 12.0. The molecule has 1 unspecified atom stereocenters. The molecule has 84 valence electrons. The van der Waals surface area contributed by atoms with Crippen molar-refractivity contribution in [2.24, 2.45) is 5.73 Å². The third kappa shape index (κ3) is 2.31. The van der Waals surface area contributed by atoms with Gasteiger partial charge >= 0.3 is 0 Å². The van der Waals surface area contributed by atoms with Gasteiger partial charge in [0.05, 0.1) is 0 Å². The molecule has 2 rings (SSSR count). The van der Waals surface area contributed by atoms with Crippen molar-refractivity contribution >= 4 is 27.2 Å². The molecule has 2 aromatic rings. The lowest BCUT2D eigenvalue weighted by molar-refractivity contribution is 0.0979. The Balaban J connectivity index is 2.25. The van der Waals surface area contributed by atoms with Gasteiger partial charge in [0, 0.05) is 22.7 Å². The van der Waals surface area contributed by atoms with Gasteiger partial charge in [0.25, 0.3) is 0 Å². The number of carbonyl (C=O) groups excluding carboxylic acids is 1. The quantitative estimate of drug-likeness (QED) is 0.824. The number of carbonyl (C=O) groups is 1. The van der Waals surface area contributed by atoms with E-state index >= 15 is 0 Å². The summed E-state index contributed by atoms with van der Waals surface area (Å²) < 4.78 is 1.09. The maximum Gasteiger partial charge on any atom is 0.164 e. The average Bonchev–Trinajstić information content (AvgIpc) is 2.73. The summed E-state index contributed by atoms with van der Waals surface area (Å²) >= 11 is 1.62. The van der Waals surface area contributed by atoms with Crippen LogP contribution in [0.5, 0.6) is 0 Å². The molecule has 0 spiro atoms. The number of benzene rings is 1. The Morgan fingerprint density at radius 3 is 3.00 bits per heavy atom. The molecule has 0 saturated heterocycles. The third-order valence-electron chi connectivity index (χ3n) is 2.61. The molecule has 0 bridgehead atoms. The topological polar surface area (TPSA) is 43.1 Å². The van der Waals surface area contributed by atoms with E-state index < -0.39 is 0 Å². The fraction of sp³-hybridized carbons (Fsp3) is 0.308. The number of fused-ring (bicyclic) bond motifs is 1. The second kappa shape index (κ2) is 4.76. The highest BCUT2D eigenvalue weighted by Gasteiger charge is 2.11. The van der Waals surface area contributed by atoms with Gasteiger partial charge in [0.2, 0.25) is 0 Å². The van der Waals surface area contributed by atoms with Crippen molar-refractivity contribution in [2.45, 2.75) is 25.8 Å². The number of hydrogen-bond acceptors (Lipinski definition) is 3. The Kier molecular flexibility index (Phi) is 3.36. The predicted octanol–water partition coefficient (Wildman–Crippen LogP) is 3.21. The van der Waals surface area contributed by atoms with Crippen LogP contribution >= 0.6 is 11.3 Å². The van der Waals surface area contributed by atoms with E-state index in [1.165, 1.54) is 0 Å². The zero-order valence-corrected chi connectivity index (χ0v) is 10.1. The molecule has 0 aliphatic carbocycles. The number of rotatable bonds is 4. The van der Waals surface area contributed by atoms with Gasteiger partial charge in [-0.15, -0.1) is 11.3 Å². The molecule has 0 aliphatic rings. The van der Waals surface area contributed by atoms with Gasteiger partial charge in [-0.2, -0.15) is 0 Å². The van der Waals surface area contributed by atoms with Crippen LogP contribution in [-0.2, 0) is 0 Å². The number of Topliss-reactive ketones (excluding diaryl/α,β-unsaturated/α-hetero) is 1. The minimum absolute atomic E-state index is 0.0893. The molecular formula is C13H15NOS. The van der Waals surface area contributed by atoms with Crippen LogP contribution in [0.1, 0.15) is 30.1 Å². The van der Waals surface area contributed by atoms with Crippen LogP contribution in [0.25, 0.3) is 10.1 Å². The molecule has 16 heavy (non-hydrogen) atoms. The summed E-state index contributed by atoms with van der Waals surface area (Å²) in [6.07, 6.45) is 1.29. The van der Waals surface area contributed by atoms with Crippen LogP contribution in [0.15, 0.2) is 29.6 Å². The molecule has 1 aromatic carbocycles. The molecule has 1 heterocycles. The van der Waals surface area contributed by atoms with Crippen molar-refractivity contribution in [3.8, 4) is 0 Å². The van der Waals surface area contributed by atoms with Crippen LogP contribution in [0.2, 0.25) is 0 Å². The molecule has 0 amide bonds. The fourth-order valence-corrected chi connectivity index (χ4v) is 2.64. The first-order valence-corrected chi connectivity index (χ1v) is 6.31. The third-order valence-corrected chi connectivity index (χ3v) is 3.57. The van der Waals surface area contributed by atoms with Crippen LogP contribution in [0.4, 0.5) is 0 Å². The lowest BCUT2D eigenvalue weighted by Gasteiger charge is -2.05. The lowest BCUT2D eigenvalue weighted by Crippen LogP contribution is -2.16. The summed E-state index contributed by atoms with van der Waals surface area (Å²) in [6.45, 7) is 1.93. The number of nitrogens with two attached hydrogens (primary N) is 1. The number of ketones is 1. The second-order valence-electron chi connectivity index (χ2n) is 4.08. The molecule has 1 atom stereocenters. The van der Waals surface area contributed by atoms with Crippen molar-refractivity contribution in [2.75, 3.05) is 0 Å². The standard InChI is InChI=1S/C13H15NOS/c1-9(14)5-6-12(15)11-4-2-3-10-7-8-16-13(10)11/h2-4,7-9H,5-6,14H2,1H3. The van der Waals surface area contributed by atoms with E-state index in [9.17, 15) is 4.79 Å². The highest BCUT2D eigenvalue weighted by atomic mass is 32.1. The van der Waals surface area contributed by atoms with Crippen LogP contribution in [0, 0.1) is 0 Å². The van der Waals surface area contributed by atoms with Crippen molar-refractivity contribution in [1.82, 2.24) is 0 Å². The summed E-state index contributed by atoms with van der Waals surface area (Å²) in [5.74, 6) is 0.199. The summed E-state index contributed by atoms with van der Waals surface area (Å²) in [5.41, 5.74) is 6.50. The van der Waals surface area contributed by atoms with Gasteiger partial charge in [0.1, 0.15) is 0 Å². The largest absolute Gasteiger partial charge is 0.328 e. The fourth-order valence-electron chi connectivity index (χ4n) is 1.71. The molecule has 2 nitrogen and oxygen atoms in total. The molecule has 0 saturated carbocycles. The van der Waals surface area contributed by atoms with Crippen molar-refractivity contribution in [1.29, 1.82) is 0 Å². The molecule has 2 N–H and O–H groups in total. The highest BCUT2D eigenvalue weighted by Crippen LogP contribution is 2.25. The van der Waals surface area contributed by atoms with Crippen LogP contribution in [0.3, 0.4) is 0 Å². The normalized spacial score (nSPS) is 12.9. The van der Waals surface area contributed by atoms with Gasteiger partial charge in [-0.1, -0.05) is 12.1 Å². The van der Waals surface area contributed by atoms with E-state index in [-0.39, 0.29) is 11.8 Å². The first-order chi connectivity index (χ1) is 7.68. The minimum Gasteiger partial charge on any atom is -0.328 e. The van der Waals surface area contributed by atoms with E-state index in [1.807, 2.05) is 36.6 Å². The van der Waals surface area contributed by atoms with Crippen molar-refractivity contribution in [3.63, 3.8) is 0 Å². The Labute approximate surface area is 99.1 Å². The summed E-state index contributed by atoms with van der Waals surface area (Å²) in [5, 5.41) is 3.17. The Hall–Kier alpha value is -1.19. The first kappa shape index (κ1) is 11.3. The number of thiophene rings is 1. The maximum absolute atomic E-state index is 12.0. The zero-order chi connectivity index (χ0) is 11.5. The SMILES string of the molecule is CC(N)CCC(=O)c1cccc2ccsc12. The Bertz CT molecular complexity index is 501. The summed E-state index contributed by atoms with van der Waals surface area (Å²) in [7, 11) is 0. The zero-order valence-electron chi connectivity index (χ0n) is 9.27. The van der Waals surface area contributed by atoms with Crippen molar-refractivity contribution < 1.29 is 4.79 Å². The van der Waals surface area contributed by atoms with E-state index in [0.29, 0.717) is 6.42 Å². The smallest absolute Gasteiger partial charge is 0.164 e. The van der Waals surface area contributed by atoms with Gasteiger partial charge in [-0.3, -0.25) is 4.79 Å². The second-order valence-corrected chi connectivity index (χ2v) is 5.00. The monoisotopic (exact) mass is 233 g/mol. The van der Waals surface area contributed by atoms with Crippen molar-refractivity contribution in [3.05, 3.63) is 35.2 Å². The van der Waals surface area contributed by atoms with E-state index in [4.69, 9.17) is 5.73 Å². The predicted molar refractivity (Wildman–Crippen MR) is 69.0 cm³/mol. The minimum atomic E-state index is 0.0893. The van der Waals surface area contributed by atoms with Gasteiger partial charge in [0.15, 0.2) is 5.78 Å². The van der Waals surface area contributed by atoms with E-state index in [2.05, 4.69) is 0 Å². The molecule has 0 radical (unpaired) electrons. The average molecular weight is 233 g/mol. The van der Waals surface area contributed by atoms with E-state index in [0.717, 1.165) is 22.1 Å². The Morgan fingerprint density at radius 2 is 2.25 bits per heavy atom. The van der Waals surface area contributed by atoms with E-state index in [1.54, 1.807) is 11.3 Å². The van der Waals surface area contributed by atoms with Gasteiger partial charge in [-0.25, -0.2) is 0 Å². The summed E-state index contributed by atoms with van der Waals surface area (Å²) in [6, 6.07) is 8.01. The van der Waals surface area contributed by atoms with Crippen LogP contribution < -0.4 is 5.73 Å². The first-order valence-electron chi connectivity index (χ1n) is 5.43. The molecule has 0 aliphatic heterocycles. The lowest BCUT2D eigenvalue weighted by atomic mass is 10.0. The van der Waals surface area contributed by atoms with Gasteiger partial charge in [-0.05, 0) is 36.2 Å². The molecule has 3 heteroatoms. The maximum atomic E-state index is 12.0. The molecular weight excluding hydrogens is 218 g/mol. The number of hydrogen-bond donors (Lipinski definition) is 1. The van der Waals surface area contributed by atoms with Gasteiger partial charge < -0.3 is 5.73 Å². The molecule has 1 aromatic heterocycles. The Morgan fingerprint density at radius 1 is 1.44 bits per heavy atom. The molecule has 0 fully saturated rings.